The third kappa shape index (κ3) is 7.51. The summed E-state index contributed by atoms with van der Waals surface area (Å²) in [4.78, 5) is 4.42. The fourth-order valence-corrected chi connectivity index (χ4v) is 5.62. The van der Waals surface area contributed by atoms with Crippen molar-refractivity contribution in [3.05, 3.63) is 0 Å². The van der Waals surface area contributed by atoms with E-state index in [9.17, 15) is 0 Å². The maximum absolute atomic E-state index is 4.42. The lowest BCUT2D eigenvalue weighted by atomic mass is 9.95. The minimum absolute atomic E-state index is 0. The summed E-state index contributed by atoms with van der Waals surface area (Å²) in [6, 6.07) is 0.607. The molecular weight excluding hydrogens is 425 g/mol. The van der Waals surface area contributed by atoms with Crippen LogP contribution in [0.2, 0.25) is 0 Å². The summed E-state index contributed by atoms with van der Waals surface area (Å²) in [6.45, 7) is 3.35. The van der Waals surface area contributed by atoms with Crippen molar-refractivity contribution in [3.8, 4) is 0 Å². The van der Waals surface area contributed by atoms with Crippen LogP contribution in [0.5, 0.6) is 0 Å². The molecule has 0 radical (unpaired) electrons. The van der Waals surface area contributed by atoms with Crippen LogP contribution < -0.4 is 10.6 Å². The van der Waals surface area contributed by atoms with E-state index in [1.54, 1.807) is 0 Å². The third-order valence-corrected chi connectivity index (χ3v) is 6.77. The molecule has 130 valence electrons. The summed E-state index contributed by atoms with van der Waals surface area (Å²) < 4.78 is 0. The molecule has 1 aliphatic carbocycles. The van der Waals surface area contributed by atoms with Gasteiger partial charge in [-0.1, -0.05) is 13.3 Å². The molecule has 1 heterocycles. The third-order valence-electron chi connectivity index (χ3n) is 4.49. The number of aliphatic imine (C=N–C) groups is 1. The fraction of sp³-hybridized carbons (Fsp3) is 0.938. The Bertz CT molecular complexity index is 321. The van der Waals surface area contributed by atoms with E-state index >= 15 is 0 Å². The van der Waals surface area contributed by atoms with Gasteiger partial charge in [0.1, 0.15) is 0 Å². The van der Waals surface area contributed by atoms with Crippen LogP contribution in [0.3, 0.4) is 0 Å². The highest BCUT2D eigenvalue weighted by Crippen LogP contribution is 2.28. The summed E-state index contributed by atoms with van der Waals surface area (Å²) in [5, 5.41) is 8.05. The number of thioether (sulfide) groups is 2. The zero-order chi connectivity index (χ0) is 14.9. The molecule has 3 nitrogen and oxygen atoms in total. The molecule has 1 aliphatic heterocycles. The number of halogens is 1. The highest BCUT2D eigenvalue weighted by Gasteiger charge is 2.22. The van der Waals surface area contributed by atoms with Crippen molar-refractivity contribution in [1.82, 2.24) is 10.6 Å². The van der Waals surface area contributed by atoms with Crippen LogP contribution in [-0.4, -0.2) is 48.1 Å². The number of hydrogen-bond donors (Lipinski definition) is 2. The molecule has 0 aromatic carbocycles. The molecule has 0 bridgehead atoms. The van der Waals surface area contributed by atoms with Gasteiger partial charge in [0.05, 0.1) is 0 Å². The predicted molar refractivity (Wildman–Crippen MR) is 114 cm³/mol. The fourth-order valence-electron chi connectivity index (χ4n) is 3.24. The lowest BCUT2D eigenvalue weighted by molar-refractivity contribution is 0.414. The summed E-state index contributed by atoms with van der Waals surface area (Å²) in [5.74, 6) is 5.75. The molecule has 0 aromatic heterocycles. The first-order valence-electron chi connectivity index (χ1n) is 8.48. The van der Waals surface area contributed by atoms with E-state index < -0.39 is 0 Å². The Hall–Kier alpha value is 0.700. The molecule has 1 saturated carbocycles. The van der Waals surface area contributed by atoms with E-state index in [0.29, 0.717) is 6.04 Å². The molecule has 2 N–H and O–H groups in total. The molecule has 0 spiro atoms. The van der Waals surface area contributed by atoms with Gasteiger partial charge >= 0.3 is 0 Å². The molecule has 2 rings (SSSR count). The first-order valence-corrected chi connectivity index (χ1v) is 10.7. The lowest BCUT2D eigenvalue weighted by Gasteiger charge is -2.31. The maximum Gasteiger partial charge on any atom is 0.191 e. The van der Waals surface area contributed by atoms with Crippen molar-refractivity contribution in [1.29, 1.82) is 0 Å². The zero-order valence-corrected chi connectivity index (χ0v) is 17.9. The molecule has 0 aromatic rings. The van der Waals surface area contributed by atoms with Crippen molar-refractivity contribution < 1.29 is 0 Å². The molecule has 0 amide bonds. The smallest absolute Gasteiger partial charge is 0.191 e. The Morgan fingerprint density at radius 3 is 2.68 bits per heavy atom. The summed E-state index contributed by atoms with van der Waals surface area (Å²) in [7, 11) is 1.90. The van der Waals surface area contributed by atoms with E-state index in [1.807, 2.05) is 7.05 Å². The molecule has 2 aliphatic rings. The Kier molecular flexibility index (Phi) is 11.4. The van der Waals surface area contributed by atoms with Gasteiger partial charge < -0.3 is 10.6 Å². The molecular formula is C16H32IN3S2. The van der Waals surface area contributed by atoms with Gasteiger partial charge in [0.2, 0.25) is 0 Å². The highest BCUT2D eigenvalue weighted by atomic mass is 127. The van der Waals surface area contributed by atoms with Crippen LogP contribution in [0, 0.1) is 5.92 Å². The highest BCUT2D eigenvalue weighted by molar-refractivity contribution is 14.0. The molecule has 2 fully saturated rings. The summed E-state index contributed by atoms with van der Waals surface area (Å²) in [5.41, 5.74) is 0. The van der Waals surface area contributed by atoms with E-state index in [1.165, 1.54) is 55.8 Å². The van der Waals surface area contributed by atoms with Crippen LogP contribution in [0.25, 0.3) is 0 Å². The van der Waals surface area contributed by atoms with E-state index in [-0.39, 0.29) is 24.0 Å². The first-order chi connectivity index (χ1) is 10.3. The summed E-state index contributed by atoms with van der Waals surface area (Å²) >= 11 is 4.22. The number of rotatable bonds is 5. The van der Waals surface area contributed by atoms with Crippen LogP contribution >= 0.6 is 47.5 Å². The molecule has 6 heteroatoms. The quantitative estimate of drug-likeness (QED) is 0.372. The Morgan fingerprint density at radius 2 is 2.00 bits per heavy atom. The second kappa shape index (κ2) is 12.1. The van der Waals surface area contributed by atoms with Crippen molar-refractivity contribution in [2.45, 2.75) is 56.7 Å². The normalized spacial score (nSPS) is 27.1. The molecule has 22 heavy (non-hydrogen) atoms. The van der Waals surface area contributed by atoms with Gasteiger partial charge in [-0.2, -0.15) is 23.5 Å². The molecule has 2 atom stereocenters. The van der Waals surface area contributed by atoms with Gasteiger partial charge in [-0.05, 0) is 55.3 Å². The Balaban J connectivity index is 0.00000242. The predicted octanol–water partition coefficient (Wildman–Crippen LogP) is 3.98. The standard InChI is InChI=1S/C16H31N3S2.HI/c1-3-21-15-6-4-5-14(11-15)19-16(17-2)18-12-13-7-9-20-10-8-13;/h13-15H,3-12H2,1-2H3,(H2,17,18,19);1H. The number of nitrogens with one attached hydrogen (secondary N) is 2. The van der Waals surface area contributed by atoms with Crippen LogP contribution in [0.4, 0.5) is 0 Å². The monoisotopic (exact) mass is 457 g/mol. The molecule has 1 saturated heterocycles. The Labute approximate surface area is 162 Å². The lowest BCUT2D eigenvalue weighted by Crippen LogP contribution is -2.47. The summed E-state index contributed by atoms with van der Waals surface area (Å²) in [6.07, 6.45) is 8.04. The molecule has 2 unspecified atom stereocenters. The topological polar surface area (TPSA) is 36.4 Å². The zero-order valence-electron chi connectivity index (χ0n) is 14.0. The van der Waals surface area contributed by atoms with Gasteiger partial charge in [-0.15, -0.1) is 24.0 Å². The van der Waals surface area contributed by atoms with E-state index in [4.69, 9.17) is 0 Å². The van der Waals surface area contributed by atoms with Crippen molar-refractivity contribution in [2.24, 2.45) is 10.9 Å². The maximum atomic E-state index is 4.42. The van der Waals surface area contributed by atoms with E-state index in [2.05, 4.69) is 46.1 Å². The minimum Gasteiger partial charge on any atom is -0.356 e. The van der Waals surface area contributed by atoms with Gasteiger partial charge in [0.15, 0.2) is 5.96 Å². The first kappa shape index (κ1) is 20.7. The second-order valence-corrected chi connectivity index (χ2v) is 8.90. The van der Waals surface area contributed by atoms with E-state index in [0.717, 1.165) is 23.7 Å². The van der Waals surface area contributed by atoms with Crippen LogP contribution in [0.1, 0.15) is 45.4 Å². The average Bonchev–Trinajstić information content (AvgIpc) is 2.53. The largest absolute Gasteiger partial charge is 0.356 e. The van der Waals surface area contributed by atoms with Crippen LogP contribution in [-0.2, 0) is 0 Å². The number of guanidine groups is 1. The minimum atomic E-state index is 0. The van der Waals surface area contributed by atoms with Crippen LogP contribution in [0.15, 0.2) is 4.99 Å². The van der Waals surface area contributed by atoms with Gasteiger partial charge in [0.25, 0.3) is 0 Å². The van der Waals surface area contributed by atoms with Crippen molar-refractivity contribution in [3.63, 3.8) is 0 Å². The van der Waals surface area contributed by atoms with Gasteiger partial charge in [-0.25, -0.2) is 0 Å². The van der Waals surface area contributed by atoms with Crippen molar-refractivity contribution in [2.75, 3.05) is 30.9 Å². The number of nitrogens with zero attached hydrogens (tertiary/aromatic N) is 1. The second-order valence-electron chi connectivity index (χ2n) is 6.09. The number of hydrogen-bond acceptors (Lipinski definition) is 3. The van der Waals surface area contributed by atoms with Crippen molar-refractivity contribution >= 4 is 53.5 Å². The SMILES string of the molecule is CCSC1CCCC(NC(=NC)NCC2CCSCC2)C1.I. The van der Waals surface area contributed by atoms with Gasteiger partial charge in [0, 0.05) is 24.9 Å². The Morgan fingerprint density at radius 1 is 1.23 bits per heavy atom. The average molecular weight is 457 g/mol. The van der Waals surface area contributed by atoms with Gasteiger partial charge in [-0.3, -0.25) is 4.99 Å².